The Morgan fingerprint density at radius 1 is 1.20 bits per heavy atom. The van der Waals surface area contributed by atoms with Gasteiger partial charge in [0.15, 0.2) is 0 Å². The van der Waals surface area contributed by atoms with Gasteiger partial charge in [-0.15, -0.1) is 0 Å². The number of aliphatic carboxylic acids is 1. The molecule has 0 aromatic carbocycles. The van der Waals surface area contributed by atoms with Gasteiger partial charge >= 0.3 is 5.97 Å². The Morgan fingerprint density at radius 3 is 2.33 bits per heavy atom. The summed E-state index contributed by atoms with van der Waals surface area (Å²) in [5, 5.41) is 12.5. The van der Waals surface area contributed by atoms with Crippen molar-refractivity contribution >= 4 is 5.97 Å². The highest BCUT2D eigenvalue weighted by Gasteiger charge is 2.40. The average Bonchev–Trinajstić information content (AvgIpc) is 2.15. The minimum absolute atomic E-state index is 0.0478. The number of carboxylic acids is 1. The summed E-state index contributed by atoms with van der Waals surface area (Å²) in [4.78, 5) is 10.8. The van der Waals surface area contributed by atoms with Gasteiger partial charge in [-0.25, -0.2) is 0 Å². The third kappa shape index (κ3) is 2.71. The zero-order valence-electron chi connectivity index (χ0n) is 9.30. The number of nitrogens with one attached hydrogen (secondary N) is 1. The van der Waals surface area contributed by atoms with Crippen molar-refractivity contribution in [1.29, 1.82) is 0 Å². The van der Waals surface area contributed by atoms with Crippen LogP contribution in [0.5, 0.6) is 0 Å². The van der Waals surface area contributed by atoms with Gasteiger partial charge in [-0.2, -0.15) is 0 Å². The van der Waals surface area contributed by atoms with E-state index in [9.17, 15) is 4.79 Å². The molecule has 0 amide bonds. The van der Waals surface area contributed by atoms with Crippen LogP contribution in [0, 0.1) is 0 Å². The number of carbonyl (C=O) groups is 1. The van der Waals surface area contributed by atoms with Crippen LogP contribution < -0.4 is 5.32 Å². The van der Waals surface area contributed by atoms with Gasteiger partial charge in [0.2, 0.25) is 0 Å². The van der Waals surface area contributed by atoms with Gasteiger partial charge in [0.05, 0.1) is 6.42 Å². The second kappa shape index (κ2) is 4.52. The maximum absolute atomic E-state index is 10.8. The molecule has 2 rings (SSSR count). The molecule has 0 atom stereocenters. The predicted octanol–water partition coefficient (Wildman–Crippen LogP) is 2.31. The molecule has 0 aromatic rings. The molecule has 15 heavy (non-hydrogen) atoms. The van der Waals surface area contributed by atoms with E-state index in [1.807, 2.05) is 0 Å². The fourth-order valence-electron chi connectivity index (χ4n) is 2.95. The number of hydrogen-bond donors (Lipinski definition) is 2. The van der Waals surface area contributed by atoms with Gasteiger partial charge in [0.25, 0.3) is 0 Å². The van der Waals surface area contributed by atoms with Crippen LogP contribution in [0.3, 0.4) is 0 Å². The van der Waals surface area contributed by atoms with Crippen molar-refractivity contribution in [3.05, 3.63) is 0 Å². The topological polar surface area (TPSA) is 49.3 Å². The first kappa shape index (κ1) is 10.9. The summed E-state index contributed by atoms with van der Waals surface area (Å²) in [6, 6.07) is 0.582. The summed E-state index contributed by atoms with van der Waals surface area (Å²) in [5.74, 6) is -0.655. The van der Waals surface area contributed by atoms with Gasteiger partial charge in [-0.05, 0) is 32.1 Å². The lowest BCUT2D eigenvalue weighted by Gasteiger charge is -2.45. The van der Waals surface area contributed by atoms with Crippen LogP contribution in [0.25, 0.3) is 0 Å². The van der Waals surface area contributed by atoms with Gasteiger partial charge < -0.3 is 10.4 Å². The second-order valence-corrected chi connectivity index (χ2v) is 5.18. The molecule has 0 saturated heterocycles. The zero-order valence-corrected chi connectivity index (χ0v) is 9.30. The lowest BCUT2D eigenvalue weighted by Crippen LogP contribution is -2.56. The molecule has 3 heteroatoms. The van der Waals surface area contributed by atoms with Crippen LogP contribution in [0.15, 0.2) is 0 Å². The summed E-state index contributed by atoms with van der Waals surface area (Å²) >= 11 is 0. The van der Waals surface area contributed by atoms with E-state index in [4.69, 9.17) is 5.11 Å². The Morgan fingerprint density at radius 2 is 1.87 bits per heavy atom. The molecule has 0 unspecified atom stereocenters. The number of hydrogen-bond acceptors (Lipinski definition) is 2. The monoisotopic (exact) mass is 211 g/mol. The Kier molecular flexibility index (Phi) is 3.29. The molecule has 3 nitrogen and oxygen atoms in total. The van der Waals surface area contributed by atoms with Crippen LogP contribution in [-0.4, -0.2) is 22.7 Å². The molecule has 2 fully saturated rings. The molecule has 2 aliphatic carbocycles. The summed E-state index contributed by atoms with van der Waals surface area (Å²) in [6.07, 6.45) is 10.0. The van der Waals surface area contributed by atoms with Gasteiger partial charge in [0.1, 0.15) is 0 Å². The Balaban J connectivity index is 1.86. The standard InChI is InChI=1S/C12H21NO2/c14-11(15)9-12(7-4-8-12)13-10-5-2-1-3-6-10/h10,13H,1-9H2,(H,14,15). The highest BCUT2D eigenvalue weighted by Crippen LogP contribution is 2.36. The van der Waals surface area contributed by atoms with E-state index in [0.29, 0.717) is 12.5 Å². The van der Waals surface area contributed by atoms with Gasteiger partial charge in [0, 0.05) is 11.6 Å². The summed E-state index contributed by atoms with van der Waals surface area (Å²) in [5.41, 5.74) is -0.0478. The third-order valence-corrected chi connectivity index (χ3v) is 3.92. The van der Waals surface area contributed by atoms with Crippen LogP contribution in [0.1, 0.15) is 57.8 Å². The van der Waals surface area contributed by atoms with E-state index < -0.39 is 5.97 Å². The average molecular weight is 211 g/mol. The molecular formula is C12H21NO2. The van der Waals surface area contributed by atoms with E-state index >= 15 is 0 Å². The van der Waals surface area contributed by atoms with Gasteiger partial charge in [-0.1, -0.05) is 19.3 Å². The van der Waals surface area contributed by atoms with Crippen LogP contribution in [0.2, 0.25) is 0 Å². The van der Waals surface area contributed by atoms with E-state index in [2.05, 4.69) is 5.32 Å². The van der Waals surface area contributed by atoms with E-state index in [1.54, 1.807) is 0 Å². The molecule has 2 aliphatic rings. The molecule has 0 heterocycles. The van der Waals surface area contributed by atoms with E-state index in [1.165, 1.54) is 38.5 Å². The molecule has 2 saturated carbocycles. The largest absolute Gasteiger partial charge is 0.481 e. The molecule has 0 bridgehead atoms. The van der Waals surface area contributed by atoms with Gasteiger partial charge in [-0.3, -0.25) is 4.79 Å². The first-order valence-electron chi connectivity index (χ1n) is 6.20. The minimum atomic E-state index is -0.655. The first-order valence-corrected chi connectivity index (χ1v) is 6.20. The second-order valence-electron chi connectivity index (χ2n) is 5.18. The molecule has 0 radical (unpaired) electrons. The van der Waals surface area contributed by atoms with Crippen molar-refractivity contribution in [1.82, 2.24) is 5.32 Å². The van der Waals surface area contributed by atoms with Crippen molar-refractivity contribution in [2.75, 3.05) is 0 Å². The highest BCUT2D eigenvalue weighted by atomic mass is 16.4. The normalized spacial score (nSPS) is 25.9. The molecule has 0 spiro atoms. The third-order valence-electron chi connectivity index (χ3n) is 3.92. The Labute approximate surface area is 91.2 Å². The summed E-state index contributed by atoms with van der Waals surface area (Å²) < 4.78 is 0. The quantitative estimate of drug-likeness (QED) is 0.750. The van der Waals surface area contributed by atoms with Crippen molar-refractivity contribution in [2.24, 2.45) is 0 Å². The predicted molar refractivity (Wildman–Crippen MR) is 58.8 cm³/mol. The smallest absolute Gasteiger partial charge is 0.305 e. The Bertz CT molecular complexity index is 230. The van der Waals surface area contributed by atoms with Crippen molar-refractivity contribution in [2.45, 2.75) is 69.4 Å². The molecule has 86 valence electrons. The molecular weight excluding hydrogens is 190 g/mol. The maximum Gasteiger partial charge on any atom is 0.305 e. The van der Waals surface area contributed by atoms with Crippen LogP contribution in [0.4, 0.5) is 0 Å². The number of rotatable bonds is 4. The van der Waals surface area contributed by atoms with Crippen molar-refractivity contribution in [3.8, 4) is 0 Å². The number of carboxylic acid groups (broad SMARTS) is 1. The molecule has 0 aromatic heterocycles. The lowest BCUT2D eigenvalue weighted by molar-refractivity contribution is -0.139. The van der Waals surface area contributed by atoms with Crippen molar-refractivity contribution in [3.63, 3.8) is 0 Å². The fourth-order valence-corrected chi connectivity index (χ4v) is 2.95. The fraction of sp³-hybridized carbons (Fsp3) is 0.917. The molecule has 0 aliphatic heterocycles. The van der Waals surface area contributed by atoms with E-state index in [0.717, 1.165) is 12.8 Å². The first-order chi connectivity index (χ1) is 7.20. The highest BCUT2D eigenvalue weighted by molar-refractivity contribution is 5.68. The molecule has 2 N–H and O–H groups in total. The van der Waals surface area contributed by atoms with Crippen molar-refractivity contribution < 1.29 is 9.90 Å². The maximum atomic E-state index is 10.8. The minimum Gasteiger partial charge on any atom is -0.481 e. The summed E-state index contributed by atoms with van der Waals surface area (Å²) in [6.45, 7) is 0. The Hall–Kier alpha value is -0.570. The SMILES string of the molecule is O=C(O)CC1(NC2CCCCC2)CCC1. The zero-order chi connectivity index (χ0) is 10.7. The van der Waals surface area contributed by atoms with Crippen LogP contribution in [-0.2, 0) is 4.79 Å². The summed E-state index contributed by atoms with van der Waals surface area (Å²) in [7, 11) is 0. The van der Waals surface area contributed by atoms with E-state index in [-0.39, 0.29) is 5.54 Å². The lowest BCUT2D eigenvalue weighted by atomic mass is 9.73. The van der Waals surface area contributed by atoms with Crippen LogP contribution >= 0.6 is 0 Å².